The van der Waals surface area contributed by atoms with Crippen molar-refractivity contribution < 1.29 is 0 Å². The van der Waals surface area contributed by atoms with E-state index in [0.717, 1.165) is 16.8 Å². The third-order valence-corrected chi connectivity index (χ3v) is 1.74. The molecule has 0 unspecified atom stereocenters. The van der Waals surface area contributed by atoms with Crippen LogP contribution in [0.4, 0.5) is 0 Å². The summed E-state index contributed by atoms with van der Waals surface area (Å²) in [4.78, 5) is 4.25. The Morgan fingerprint density at radius 3 is 2.62 bits per heavy atom. The van der Waals surface area contributed by atoms with Crippen LogP contribution in [0.25, 0.3) is 18.2 Å². The lowest BCUT2D eigenvalue weighted by Crippen LogP contribution is -1.87. The molecule has 0 N–H and O–H groups in total. The second-order valence-corrected chi connectivity index (χ2v) is 2.65. The summed E-state index contributed by atoms with van der Waals surface area (Å²) in [5.74, 6) is 0. The molecule has 1 heteroatoms. The van der Waals surface area contributed by atoms with Crippen molar-refractivity contribution in [1.82, 2.24) is 4.98 Å². The number of nitrogens with zero attached hydrogens (tertiary/aromatic N) is 1. The van der Waals surface area contributed by atoms with E-state index < -0.39 is 0 Å². The van der Waals surface area contributed by atoms with Crippen LogP contribution < -0.4 is 0 Å². The van der Waals surface area contributed by atoms with Crippen molar-refractivity contribution in [2.45, 2.75) is 6.92 Å². The molecule has 0 radical (unpaired) electrons. The van der Waals surface area contributed by atoms with Gasteiger partial charge < -0.3 is 0 Å². The molecule has 0 atom stereocenters. The smallest absolute Gasteiger partial charge is 0.0696 e. The van der Waals surface area contributed by atoms with Crippen LogP contribution in [0.3, 0.4) is 0 Å². The van der Waals surface area contributed by atoms with Gasteiger partial charge in [-0.05, 0) is 24.6 Å². The summed E-state index contributed by atoms with van der Waals surface area (Å²) >= 11 is 0. The van der Waals surface area contributed by atoms with Crippen LogP contribution in [0, 0.1) is 0 Å². The highest BCUT2D eigenvalue weighted by Crippen LogP contribution is 2.12. The van der Waals surface area contributed by atoms with E-state index >= 15 is 0 Å². The lowest BCUT2D eigenvalue weighted by atomic mass is 10.1. The first-order chi connectivity index (χ1) is 6.31. The van der Waals surface area contributed by atoms with E-state index in [1.54, 1.807) is 12.2 Å². The summed E-state index contributed by atoms with van der Waals surface area (Å²) in [5.41, 5.74) is 2.98. The SMILES string of the molecule is C=Cc1cc(/C=C/C)cnc1C=C. The van der Waals surface area contributed by atoms with Crippen molar-refractivity contribution in [1.29, 1.82) is 0 Å². The topological polar surface area (TPSA) is 12.9 Å². The van der Waals surface area contributed by atoms with Gasteiger partial charge in [0.1, 0.15) is 0 Å². The Bertz CT molecular complexity index is 348. The van der Waals surface area contributed by atoms with Gasteiger partial charge in [0.2, 0.25) is 0 Å². The van der Waals surface area contributed by atoms with Gasteiger partial charge >= 0.3 is 0 Å². The summed E-state index contributed by atoms with van der Waals surface area (Å²) in [5, 5.41) is 0. The third-order valence-electron chi connectivity index (χ3n) is 1.74. The van der Waals surface area contributed by atoms with E-state index in [-0.39, 0.29) is 0 Å². The number of allylic oxidation sites excluding steroid dienone is 1. The van der Waals surface area contributed by atoms with Gasteiger partial charge in [-0.1, -0.05) is 31.4 Å². The van der Waals surface area contributed by atoms with E-state index in [2.05, 4.69) is 18.1 Å². The molecular formula is C12H13N. The minimum absolute atomic E-state index is 0.878. The summed E-state index contributed by atoms with van der Waals surface area (Å²) in [6, 6.07) is 2.04. The van der Waals surface area contributed by atoms with E-state index in [0.29, 0.717) is 0 Å². The minimum atomic E-state index is 0.878. The summed E-state index contributed by atoms with van der Waals surface area (Å²) < 4.78 is 0. The molecule has 0 aliphatic heterocycles. The fraction of sp³-hybridized carbons (Fsp3) is 0.0833. The average Bonchev–Trinajstić information content (AvgIpc) is 2.18. The maximum absolute atomic E-state index is 4.25. The second kappa shape index (κ2) is 4.41. The first-order valence-electron chi connectivity index (χ1n) is 4.19. The Morgan fingerprint density at radius 2 is 2.08 bits per heavy atom. The standard InChI is InChI=1S/C12H13N/c1-4-7-10-8-11(5-2)12(6-3)13-9-10/h4-9H,2-3H2,1H3/b7-4+. The molecule has 0 saturated carbocycles. The molecule has 1 aromatic heterocycles. The van der Waals surface area contributed by atoms with Crippen molar-refractivity contribution in [3.63, 3.8) is 0 Å². The molecule has 0 fully saturated rings. The Morgan fingerprint density at radius 1 is 1.31 bits per heavy atom. The van der Waals surface area contributed by atoms with E-state index in [1.165, 1.54) is 0 Å². The number of rotatable bonds is 3. The maximum Gasteiger partial charge on any atom is 0.0696 e. The largest absolute Gasteiger partial charge is 0.256 e. The normalized spacial score (nSPS) is 10.2. The Hall–Kier alpha value is -1.63. The molecule has 1 heterocycles. The molecule has 0 amide bonds. The fourth-order valence-corrected chi connectivity index (χ4v) is 1.13. The van der Waals surface area contributed by atoms with Crippen molar-refractivity contribution in [3.05, 3.63) is 48.3 Å². The zero-order valence-electron chi connectivity index (χ0n) is 7.83. The van der Waals surface area contributed by atoms with Crippen LogP contribution in [-0.4, -0.2) is 4.98 Å². The molecule has 13 heavy (non-hydrogen) atoms. The van der Waals surface area contributed by atoms with Gasteiger partial charge in [-0.3, -0.25) is 4.98 Å². The van der Waals surface area contributed by atoms with Crippen molar-refractivity contribution >= 4 is 18.2 Å². The quantitative estimate of drug-likeness (QED) is 0.679. The highest BCUT2D eigenvalue weighted by Gasteiger charge is 1.96. The molecular weight excluding hydrogens is 158 g/mol. The lowest BCUT2D eigenvalue weighted by molar-refractivity contribution is 1.27. The molecule has 0 spiro atoms. The highest BCUT2D eigenvalue weighted by molar-refractivity contribution is 5.64. The van der Waals surface area contributed by atoms with E-state index in [4.69, 9.17) is 0 Å². The molecule has 1 nitrogen and oxygen atoms in total. The van der Waals surface area contributed by atoms with Crippen molar-refractivity contribution in [3.8, 4) is 0 Å². The van der Waals surface area contributed by atoms with E-state index in [9.17, 15) is 0 Å². The minimum Gasteiger partial charge on any atom is -0.256 e. The van der Waals surface area contributed by atoms with Crippen LogP contribution >= 0.6 is 0 Å². The molecule has 66 valence electrons. The predicted molar refractivity (Wildman–Crippen MR) is 59.1 cm³/mol. The molecule has 0 aliphatic rings. The predicted octanol–water partition coefficient (Wildman–Crippen LogP) is 3.40. The average molecular weight is 171 g/mol. The molecule has 0 saturated heterocycles. The summed E-state index contributed by atoms with van der Waals surface area (Å²) in [6.45, 7) is 9.40. The maximum atomic E-state index is 4.25. The highest BCUT2D eigenvalue weighted by atomic mass is 14.7. The second-order valence-electron chi connectivity index (χ2n) is 2.65. The van der Waals surface area contributed by atoms with Crippen LogP contribution in [0.2, 0.25) is 0 Å². The first-order valence-corrected chi connectivity index (χ1v) is 4.19. The van der Waals surface area contributed by atoms with Crippen LogP contribution in [-0.2, 0) is 0 Å². The molecule has 1 rings (SSSR count). The molecule has 1 aromatic rings. The van der Waals surface area contributed by atoms with E-state index in [1.807, 2.05) is 31.3 Å². The zero-order chi connectivity index (χ0) is 9.68. The molecule has 0 bridgehead atoms. The monoisotopic (exact) mass is 171 g/mol. The Kier molecular flexibility index (Phi) is 3.21. The number of hydrogen-bond donors (Lipinski definition) is 0. The fourth-order valence-electron chi connectivity index (χ4n) is 1.13. The number of hydrogen-bond acceptors (Lipinski definition) is 1. The Balaban J connectivity index is 3.19. The first kappa shape index (κ1) is 9.46. The zero-order valence-corrected chi connectivity index (χ0v) is 7.83. The van der Waals surface area contributed by atoms with Crippen LogP contribution in [0.5, 0.6) is 0 Å². The van der Waals surface area contributed by atoms with Gasteiger partial charge in [0, 0.05) is 11.8 Å². The van der Waals surface area contributed by atoms with Crippen molar-refractivity contribution in [2.75, 3.05) is 0 Å². The van der Waals surface area contributed by atoms with Gasteiger partial charge in [0.25, 0.3) is 0 Å². The number of aromatic nitrogens is 1. The van der Waals surface area contributed by atoms with Gasteiger partial charge in [0.05, 0.1) is 5.69 Å². The molecule has 0 aromatic carbocycles. The molecule has 0 aliphatic carbocycles. The lowest BCUT2D eigenvalue weighted by Gasteiger charge is -2.00. The van der Waals surface area contributed by atoms with Crippen molar-refractivity contribution in [2.24, 2.45) is 0 Å². The Labute approximate surface area is 79.1 Å². The van der Waals surface area contributed by atoms with Gasteiger partial charge in [-0.15, -0.1) is 0 Å². The number of pyridine rings is 1. The third kappa shape index (κ3) is 2.15. The van der Waals surface area contributed by atoms with Crippen LogP contribution in [0.1, 0.15) is 23.7 Å². The van der Waals surface area contributed by atoms with Gasteiger partial charge in [-0.2, -0.15) is 0 Å². The summed E-state index contributed by atoms with van der Waals surface area (Å²) in [6.07, 6.45) is 9.34. The van der Waals surface area contributed by atoms with Gasteiger partial charge in [0.15, 0.2) is 0 Å². The van der Waals surface area contributed by atoms with Crippen LogP contribution in [0.15, 0.2) is 31.5 Å². The van der Waals surface area contributed by atoms with Gasteiger partial charge in [-0.25, -0.2) is 0 Å². The summed E-state index contributed by atoms with van der Waals surface area (Å²) in [7, 11) is 0.